The van der Waals surface area contributed by atoms with Gasteiger partial charge in [0.25, 0.3) is 0 Å². The molecular weight excluding hydrogens is 486 g/mol. The minimum absolute atomic E-state index is 0.00154. The molecule has 10 heteroatoms. The van der Waals surface area contributed by atoms with Gasteiger partial charge in [-0.1, -0.05) is 30.3 Å². The second-order valence-corrected chi connectivity index (χ2v) is 9.42. The van der Waals surface area contributed by atoms with E-state index >= 15 is 0 Å². The van der Waals surface area contributed by atoms with Crippen LogP contribution in [0.4, 0.5) is 5.69 Å². The average molecular weight is 514 g/mol. The highest BCUT2D eigenvalue weighted by Crippen LogP contribution is 2.38. The van der Waals surface area contributed by atoms with Crippen molar-refractivity contribution in [2.75, 3.05) is 44.3 Å². The number of benzene rings is 2. The van der Waals surface area contributed by atoms with Crippen LogP contribution in [0.15, 0.2) is 60.7 Å². The number of aromatic carboxylic acids is 1. The third-order valence-corrected chi connectivity index (χ3v) is 6.95. The fourth-order valence-corrected chi connectivity index (χ4v) is 4.85. The Morgan fingerprint density at radius 3 is 2.37 bits per heavy atom. The zero-order chi connectivity index (χ0) is 26.2. The molecule has 0 bridgehead atoms. The zero-order valence-corrected chi connectivity index (χ0v) is 20.9. The summed E-state index contributed by atoms with van der Waals surface area (Å²) in [5, 5.41) is 15.3. The molecule has 1 amide bonds. The highest BCUT2D eigenvalue weighted by molar-refractivity contribution is 6.01. The number of pyridine rings is 1. The summed E-state index contributed by atoms with van der Waals surface area (Å²) in [6.45, 7) is 5.50. The van der Waals surface area contributed by atoms with E-state index in [0.717, 1.165) is 30.0 Å². The van der Waals surface area contributed by atoms with E-state index in [0.29, 0.717) is 48.8 Å². The fourth-order valence-electron chi connectivity index (χ4n) is 4.85. The van der Waals surface area contributed by atoms with Gasteiger partial charge in [-0.05, 0) is 35.9 Å². The fraction of sp³-hybridized carbons (Fsp3) is 0.286. The highest BCUT2D eigenvalue weighted by Gasteiger charge is 2.32. The van der Waals surface area contributed by atoms with Crippen LogP contribution in [-0.2, 0) is 9.53 Å². The Kier molecular flexibility index (Phi) is 6.16. The van der Waals surface area contributed by atoms with E-state index in [2.05, 4.69) is 9.88 Å². The maximum Gasteiger partial charge on any atom is 0.354 e. The molecule has 2 aromatic heterocycles. The molecule has 194 valence electrons. The van der Waals surface area contributed by atoms with Crippen LogP contribution in [0.1, 0.15) is 17.4 Å². The van der Waals surface area contributed by atoms with Crippen molar-refractivity contribution in [3.8, 4) is 22.7 Å². The maximum atomic E-state index is 12.1. The van der Waals surface area contributed by atoms with Gasteiger partial charge >= 0.3 is 5.97 Å². The zero-order valence-electron chi connectivity index (χ0n) is 20.9. The van der Waals surface area contributed by atoms with E-state index in [4.69, 9.17) is 14.6 Å². The lowest BCUT2D eigenvalue weighted by Crippen LogP contribution is -2.55. The number of ether oxygens (including phenoxy) is 2. The molecule has 0 atom stereocenters. The molecule has 0 unspecified atom stereocenters. The molecule has 2 aromatic carbocycles. The van der Waals surface area contributed by atoms with Gasteiger partial charge < -0.3 is 24.4 Å². The Bertz CT molecular complexity index is 1490. The minimum atomic E-state index is -1.13. The average Bonchev–Trinajstić information content (AvgIpc) is 3.29. The van der Waals surface area contributed by atoms with Crippen LogP contribution in [0.2, 0.25) is 0 Å². The van der Waals surface area contributed by atoms with Crippen molar-refractivity contribution in [2.45, 2.75) is 13.0 Å². The smallest absolute Gasteiger partial charge is 0.354 e. The molecule has 6 rings (SSSR count). The summed E-state index contributed by atoms with van der Waals surface area (Å²) in [4.78, 5) is 32.2. The molecule has 0 spiro atoms. The van der Waals surface area contributed by atoms with Gasteiger partial charge in [-0.2, -0.15) is 0 Å². The normalized spacial score (nSPS) is 15.9. The van der Waals surface area contributed by atoms with Crippen LogP contribution in [0, 0.1) is 0 Å². The molecule has 38 heavy (non-hydrogen) atoms. The van der Waals surface area contributed by atoms with Crippen LogP contribution in [0.25, 0.3) is 27.8 Å². The molecule has 1 N–H and O–H groups in total. The van der Waals surface area contributed by atoms with E-state index in [1.807, 2.05) is 54.6 Å². The van der Waals surface area contributed by atoms with E-state index in [1.54, 1.807) is 15.6 Å². The van der Waals surface area contributed by atoms with Gasteiger partial charge in [0.15, 0.2) is 11.3 Å². The lowest BCUT2D eigenvalue weighted by molar-refractivity contribution is -0.137. The molecule has 2 fully saturated rings. The molecule has 0 aliphatic carbocycles. The topological polar surface area (TPSA) is 110 Å². The van der Waals surface area contributed by atoms with Gasteiger partial charge in [0.1, 0.15) is 6.10 Å². The molecule has 2 saturated heterocycles. The maximum absolute atomic E-state index is 12.1. The van der Waals surface area contributed by atoms with E-state index in [9.17, 15) is 14.7 Å². The number of aromatic nitrogens is 3. The second-order valence-electron chi connectivity index (χ2n) is 9.42. The lowest BCUT2D eigenvalue weighted by Gasteiger charge is -2.37. The number of hydrogen-bond acceptors (Lipinski definition) is 7. The van der Waals surface area contributed by atoms with E-state index in [-0.39, 0.29) is 17.7 Å². The number of carbonyl (C=O) groups excluding carboxylic acids is 1. The van der Waals surface area contributed by atoms with Crippen molar-refractivity contribution in [2.24, 2.45) is 0 Å². The van der Waals surface area contributed by atoms with Crippen molar-refractivity contribution in [3.05, 3.63) is 66.4 Å². The predicted molar refractivity (Wildman–Crippen MR) is 141 cm³/mol. The first kappa shape index (κ1) is 23.9. The number of nitrogens with zero attached hydrogens (tertiary/aromatic N) is 5. The Balaban J connectivity index is 1.48. The van der Waals surface area contributed by atoms with Crippen molar-refractivity contribution in [1.29, 1.82) is 0 Å². The molecule has 4 heterocycles. The molecule has 2 aliphatic rings. The van der Waals surface area contributed by atoms with Crippen molar-refractivity contribution >= 4 is 28.6 Å². The van der Waals surface area contributed by atoms with Crippen LogP contribution in [0.3, 0.4) is 0 Å². The van der Waals surface area contributed by atoms with Crippen molar-refractivity contribution < 1.29 is 24.2 Å². The molecule has 0 saturated carbocycles. The van der Waals surface area contributed by atoms with Crippen LogP contribution in [-0.4, -0.2) is 82.1 Å². The predicted octanol–water partition coefficient (Wildman–Crippen LogP) is 3.23. The number of para-hydroxylation sites is 1. The largest absolute Gasteiger partial charge is 0.477 e. The van der Waals surface area contributed by atoms with E-state index in [1.165, 1.54) is 6.92 Å². The third-order valence-electron chi connectivity index (χ3n) is 6.95. The number of carboxylic acid groups (broad SMARTS) is 1. The van der Waals surface area contributed by atoms with Gasteiger partial charge in [0.05, 0.1) is 37.4 Å². The van der Waals surface area contributed by atoms with Crippen molar-refractivity contribution in [1.82, 2.24) is 19.7 Å². The SMILES string of the molecule is CC(=O)N1CC(Oc2nn(-c3ccccc3)c3nc(C(=O)O)cc(-c4ccc(N5CCOCC5)cc4)c23)C1. The molecule has 4 aromatic rings. The quantitative estimate of drug-likeness (QED) is 0.419. The molecular formula is C28H27N5O5. The van der Waals surface area contributed by atoms with Crippen LogP contribution in [0.5, 0.6) is 5.88 Å². The number of fused-ring (bicyclic) bond motifs is 1. The number of morpholine rings is 1. The Hall–Kier alpha value is -4.44. The van der Waals surface area contributed by atoms with Gasteiger partial charge in [0, 0.05) is 31.3 Å². The van der Waals surface area contributed by atoms with Gasteiger partial charge in [-0.25, -0.2) is 14.5 Å². The number of likely N-dealkylation sites (tertiary alicyclic amines) is 1. The molecule has 2 aliphatic heterocycles. The summed E-state index contributed by atoms with van der Waals surface area (Å²) in [6, 6.07) is 19.0. The minimum Gasteiger partial charge on any atom is -0.477 e. The number of rotatable bonds is 6. The number of anilines is 1. The van der Waals surface area contributed by atoms with Crippen molar-refractivity contribution in [3.63, 3.8) is 0 Å². The Morgan fingerprint density at radius 2 is 1.71 bits per heavy atom. The molecule has 0 radical (unpaired) electrons. The van der Waals surface area contributed by atoms with Gasteiger partial charge in [-0.3, -0.25) is 4.79 Å². The number of carboxylic acids is 1. The highest BCUT2D eigenvalue weighted by atomic mass is 16.5. The van der Waals surface area contributed by atoms with E-state index < -0.39 is 5.97 Å². The first-order chi connectivity index (χ1) is 18.5. The first-order valence-electron chi connectivity index (χ1n) is 12.6. The lowest BCUT2D eigenvalue weighted by atomic mass is 10.0. The van der Waals surface area contributed by atoms with Gasteiger partial charge in [0.2, 0.25) is 11.8 Å². The number of carbonyl (C=O) groups is 2. The van der Waals surface area contributed by atoms with Crippen LogP contribution < -0.4 is 9.64 Å². The molecule has 10 nitrogen and oxygen atoms in total. The third kappa shape index (κ3) is 4.43. The second kappa shape index (κ2) is 9.79. The Morgan fingerprint density at radius 1 is 1.00 bits per heavy atom. The Labute approximate surface area is 219 Å². The summed E-state index contributed by atoms with van der Waals surface area (Å²) >= 11 is 0. The summed E-state index contributed by atoms with van der Waals surface area (Å²) < 4.78 is 13.4. The number of amides is 1. The number of hydrogen-bond donors (Lipinski definition) is 1. The van der Waals surface area contributed by atoms with Gasteiger partial charge in [-0.15, -0.1) is 5.10 Å². The summed E-state index contributed by atoms with van der Waals surface area (Å²) in [7, 11) is 0. The standard InChI is InChI=1S/C28H27N5O5/c1-18(34)32-16-22(17-32)38-27-25-23(19-7-9-20(10-8-19)31-11-13-37-14-12-31)15-24(28(35)36)29-26(25)33(30-27)21-5-3-2-4-6-21/h2-10,15,22H,11-14,16-17H2,1H3,(H,35,36). The summed E-state index contributed by atoms with van der Waals surface area (Å²) in [5.74, 6) is -0.774. The first-order valence-corrected chi connectivity index (χ1v) is 12.6. The van der Waals surface area contributed by atoms with Crippen LogP contribution >= 0.6 is 0 Å². The summed E-state index contributed by atoms with van der Waals surface area (Å²) in [5.41, 5.74) is 3.61. The monoisotopic (exact) mass is 513 g/mol. The summed E-state index contributed by atoms with van der Waals surface area (Å²) in [6.07, 6.45) is -0.211.